The van der Waals surface area contributed by atoms with Crippen LogP contribution in [0.1, 0.15) is 33.3 Å². The van der Waals surface area contributed by atoms with Crippen LogP contribution in [0.5, 0.6) is 0 Å². The molecule has 2 rings (SSSR count). The minimum atomic E-state index is -0.548. The van der Waals surface area contributed by atoms with Crippen molar-refractivity contribution in [2.45, 2.75) is 50.7 Å². The Bertz CT molecular complexity index is 742. The van der Waals surface area contributed by atoms with Crippen molar-refractivity contribution in [3.63, 3.8) is 0 Å². The van der Waals surface area contributed by atoms with Crippen LogP contribution in [0.25, 0.3) is 0 Å². The topological polar surface area (TPSA) is 49.4 Å². The number of benzene rings is 2. The lowest BCUT2D eigenvalue weighted by Crippen LogP contribution is -2.52. The van der Waals surface area contributed by atoms with Crippen molar-refractivity contribution >= 4 is 23.6 Å². The first kappa shape index (κ1) is 21.0. The Morgan fingerprint density at radius 3 is 2.11 bits per heavy atom. The largest absolute Gasteiger partial charge is 0.350 e. The maximum absolute atomic E-state index is 13.0. The summed E-state index contributed by atoms with van der Waals surface area (Å²) < 4.78 is 0. The van der Waals surface area contributed by atoms with Crippen LogP contribution in [-0.4, -0.2) is 34.0 Å². The molecule has 0 radical (unpaired) electrons. The molecule has 0 saturated heterocycles. The Balaban J connectivity index is 2.12. The van der Waals surface area contributed by atoms with Gasteiger partial charge in [-0.25, -0.2) is 0 Å². The lowest BCUT2D eigenvalue weighted by molar-refractivity contribution is -0.139. The predicted octanol–water partition coefficient (Wildman–Crippen LogP) is 4.11. The fourth-order valence-electron chi connectivity index (χ4n) is 2.58. The van der Waals surface area contributed by atoms with Crippen molar-refractivity contribution in [1.82, 2.24) is 10.2 Å². The Labute approximate surface area is 166 Å². The third-order valence-corrected chi connectivity index (χ3v) is 4.96. The molecule has 2 aromatic rings. The molecule has 0 fully saturated rings. The molecule has 0 bridgehead atoms. The van der Waals surface area contributed by atoms with Crippen molar-refractivity contribution in [2.24, 2.45) is 0 Å². The molecule has 0 aromatic heterocycles. The number of thioether (sulfide) groups is 1. The van der Waals surface area contributed by atoms with Gasteiger partial charge in [0.25, 0.3) is 0 Å². The second-order valence-corrected chi connectivity index (χ2v) is 8.57. The number of nitrogens with zero attached hydrogens (tertiary/aromatic N) is 1. The van der Waals surface area contributed by atoms with E-state index in [2.05, 4.69) is 5.32 Å². The van der Waals surface area contributed by atoms with E-state index in [9.17, 15) is 9.59 Å². The molecule has 4 nitrogen and oxygen atoms in total. The van der Waals surface area contributed by atoms with Crippen LogP contribution in [-0.2, 0) is 16.1 Å². The maximum atomic E-state index is 13.0. The molecule has 0 aliphatic carbocycles. The number of carbonyl (C=O) groups is 2. The fraction of sp³-hybridized carbons (Fsp3) is 0.364. The van der Waals surface area contributed by atoms with Crippen molar-refractivity contribution in [1.29, 1.82) is 0 Å². The van der Waals surface area contributed by atoms with Gasteiger partial charge in [0.1, 0.15) is 6.04 Å². The SMILES string of the molecule is C[C@H](C(=O)NC(C)(C)C)N(Cc1ccccc1)C(=O)CSc1ccccc1. The van der Waals surface area contributed by atoms with E-state index in [1.54, 1.807) is 11.8 Å². The van der Waals surface area contributed by atoms with Crippen LogP contribution < -0.4 is 5.32 Å². The average Bonchev–Trinajstić information content (AvgIpc) is 2.64. The molecule has 1 atom stereocenters. The van der Waals surface area contributed by atoms with Crippen molar-refractivity contribution in [3.05, 3.63) is 66.2 Å². The molecule has 0 saturated carbocycles. The molecule has 2 aromatic carbocycles. The number of hydrogen-bond acceptors (Lipinski definition) is 3. The second kappa shape index (κ2) is 9.60. The Morgan fingerprint density at radius 1 is 1.00 bits per heavy atom. The maximum Gasteiger partial charge on any atom is 0.242 e. The monoisotopic (exact) mass is 384 g/mol. The standard InChI is InChI=1S/C22H28N2O2S/c1-17(21(26)23-22(2,3)4)24(15-18-11-7-5-8-12-18)20(25)16-27-19-13-9-6-10-14-19/h5-14,17H,15-16H2,1-4H3,(H,23,26)/t17-/m1/s1. The number of amides is 2. The molecule has 1 N–H and O–H groups in total. The summed E-state index contributed by atoms with van der Waals surface area (Å²) in [5.41, 5.74) is 0.664. The van der Waals surface area contributed by atoms with Crippen LogP contribution in [0.15, 0.2) is 65.6 Å². The summed E-state index contributed by atoms with van der Waals surface area (Å²) in [5.74, 6) is 0.102. The zero-order valence-electron chi connectivity index (χ0n) is 16.4. The highest BCUT2D eigenvalue weighted by Crippen LogP contribution is 2.19. The van der Waals surface area contributed by atoms with E-state index < -0.39 is 6.04 Å². The van der Waals surface area contributed by atoms with Crippen LogP contribution in [0.4, 0.5) is 0 Å². The summed E-state index contributed by atoms with van der Waals surface area (Å²) in [7, 11) is 0. The van der Waals surface area contributed by atoms with Gasteiger partial charge in [0.15, 0.2) is 0 Å². The quantitative estimate of drug-likeness (QED) is 0.731. The predicted molar refractivity (Wildman–Crippen MR) is 112 cm³/mol. The molecular weight excluding hydrogens is 356 g/mol. The zero-order chi connectivity index (χ0) is 19.9. The molecule has 5 heteroatoms. The zero-order valence-corrected chi connectivity index (χ0v) is 17.3. The lowest BCUT2D eigenvalue weighted by Gasteiger charge is -2.31. The van der Waals surface area contributed by atoms with E-state index in [1.165, 1.54) is 11.8 Å². The molecular formula is C22H28N2O2S. The minimum absolute atomic E-state index is 0.0516. The second-order valence-electron chi connectivity index (χ2n) is 7.52. The van der Waals surface area contributed by atoms with E-state index in [1.807, 2.05) is 81.4 Å². The van der Waals surface area contributed by atoms with E-state index in [0.29, 0.717) is 12.3 Å². The Morgan fingerprint density at radius 2 is 1.56 bits per heavy atom. The van der Waals surface area contributed by atoms with E-state index in [0.717, 1.165) is 10.5 Å². The van der Waals surface area contributed by atoms with Gasteiger partial charge in [0.2, 0.25) is 11.8 Å². The molecule has 0 spiro atoms. The normalized spacial score (nSPS) is 12.3. The molecule has 2 amide bonds. The van der Waals surface area contributed by atoms with Gasteiger partial charge in [-0.1, -0.05) is 48.5 Å². The summed E-state index contributed by atoms with van der Waals surface area (Å²) in [4.78, 5) is 28.3. The first-order valence-corrected chi connectivity index (χ1v) is 10.1. The molecule has 27 heavy (non-hydrogen) atoms. The van der Waals surface area contributed by atoms with Gasteiger partial charge in [-0.2, -0.15) is 0 Å². The van der Waals surface area contributed by atoms with Gasteiger partial charge < -0.3 is 10.2 Å². The highest BCUT2D eigenvalue weighted by atomic mass is 32.2. The Hall–Kier alpha value is -2.27. The van der Waals surface area contributed by atoms with Crippen LogP contribution in [0.2, 0.25) is 0 Å². The number of rotatable bonds is 7. The van der Waals surface area contributed by atoms with E-state index in [4.69, 9.17) is 0 Å². The van der Waals surface area contributed by atoms with Crippen molar-refractivity contribution in [2.75, 3.05) is 5.75 Å². The van der Waals surface area contributed by atoms with Gasteiger partial charge in [-0.15, -0.1) is 11.8 Å². The highest BCUT2D eigenvalue weighted by Gasteiger charge is 2.28. The van der Waals surface area contributed by atoms with Gasteiger partial charge in [0, 0.05) is 17.0 Å². The minimum Gasteiger partial charge on any atom is -0.350 e. The summed E-state index contributed by atoms with van der Waals surface area (Å²) in [6.45, 7) is 8.01. The Kier molecular flexibility index (Phi) is 7.48. The highest BCUT2D eigenvalue weighted by molar-refractivity contribution is 8.00. The van der Waals surface area contributed by atoms with Gasteiger partial charge >= 0.3 is 0 Å². The summed E-state index contributed by atoms with van der Waals surface area (Å²) in [6.07, 6.45) is 0. The summed E-state index contributed by atoms with van der Waals surface area (Å²) >= 11 is 1.49. The molecule has 0 unspecified atom stereocenters. The smallest absolute Gasteiger partial charge is 0.242 e. The molecule has 0 aliphatic heterocycles. The summed E-state index contributed by atoms with van der Waals surface area (Å²) in [5, 5.41) is 2.97. The van der Waals surface area contributed by atoms with Crippen LogP contribution >= 0.6 is 11.8 Å². The van der Waals surface area contributed by atoms with Crippen molar-refractivity contribution < 1.29 is 9.59 Å². The average molecular weight is 385 g/mol. The molecule has 0 aliphatic rings. The molecule has 144 valence electrons. The van der Waals surface area contributed by atoms with Crippen molar-refractivity contribution in [3.8, 4) is 0 Å². The van der Waals surface area contributed by atoms with E-state index >= 15 is 0 Å². The van der Waals surface area contributed by atoms with Crippen LogP contribution in [0.3, 0.4) is 0 Å². The van der Waals surface area contributed by atoms with Gasteiger partial charge in [-0.05, 0) is 45.4 Å². The summed E-state index contributed by atoms with van der Waals surface area (Å²) in [6, 6.07) is 19.0. The lowest BCUT2D eigenvalue weighted by atomic mass is 10.1. The number of hydrogen-bond donors (Lipinski definition) is 1. The van der Waals surface area contributed by atoms with E-state index in [-0.39, 0.29) is 17.4 Å². The molecule has 0 heterocycles. The van der Waals surface area contributed by atoms with Gasteiger partial charge in [0.05, 0.1) is 5.75 Å². The third-order valence-electron chi connectivity index (χ3n) is 3.97. The van der Waals surface area contributed by atoms with Gasteiger partial charge in [-0.3, -0.25) is 9.59 Å². The third kappa shape index (κ3) is 7.10. The fourth-order valence-corrected chi connectivity index (χ4v) is 3.39. The van der Waals surface area contributed by atoms with Crippen LogP contribution in [0, 0.1) is 0 Å². The number of nitrogens with one attached hydrogen (secondary N) is 1. The first-order valence-electron chi connectivity index (χ1n) is 9.09. The first-order chi connectivity index (χ1) is 12.8. The number of carbonyl (C=O) groups excluding carboxylic acids is 2.